The van der Waals surface area contributed by atoms with Gasteiger partial charge in [-0.1, -0.05) is 12.1 Å². The van der Waals surface area contributed by atoms with Crippen molar-refractivity contribution in [3.63, 3.8) is 0 Å². The van der Waals surface area contributed by atoms with Gasteiger partial charge in [-0.2, -0.15) is 0 Å². The third-order valence-electron chi connectivity index (χ3n) is 6.26. The minimum atomic E-state index is -0.696. The van der Waals surface area contributed by atoms with Crippen molar-refractivity contribution in [3.8, 4) is 5.75 Å². The highest BCUT2D eigenvalue weighted by Crippen LogP contribution is 2.26. The molecule has 0 spiro atoms. The number of methoxy groups -OCH3 is 1. The maximum atomic E-state index is 13.5. The molecule has 3 aromatic rings. The summed E-state index contributed by atoms with van der Waals surface area (Å²) in [5, 5.41) is 13.5. The quantitative estimate of drug-likeness (QED) is 0.416. The topological polar surface area (TPSA) is 114 Å². The number of halogens is 1. The number of hydrogen-bond donors (Lipinski definition) is 2. The second kappa shape index (κ2) is 11.3. The number of carbonyl (C=O) groups is 2. The van der Waals surface area contributed by atoms with Crippen molar-refractivity contribution in [3.05, 3.63) is 69.4 Å². The van der Waals surface area contributed by atoms with Crippen LogP contribution in [0.3, 0.4) is 0 Å². The third kappa shape index (κ3) is 5.54. The van der Waals surface area contributed by atoms with Gasteiger partial charge in [-0.05, 0) is 48.6 Å². The Kier molecular flexibility index (Phi) is 7.94. The van der Waals surface area contributed by atoms with E-state index in [0.717, 1.165) is 17.5 Å². The molecule has 1 aliphatic rings. The minimum absolute atomic E-state index is 0.0253. The Hall–Kier alpha value is -3.79. The van der Waals surface area contributed by atoms with E-state index in [9.17, 15) is 23.9 Å². The predicted molar refractivity (Wildman–Crippen MR) is 132 cm³/mol. The summed E-state index contributed by atoms with van der Waals surface area (Å²) in [4.78, 5) is 44.5. The van der Waals surface area contributed by atoms with Crippen LogP contribution in [0, 0.1) is 5.82 Å². The molecule has 10 heteroatoms. The van der Waals surface area contributed by atoms with Crippen LogP contribution in [0.2, 0.25) is 0 Å². The Morgan fingerprint density at radius 1 is 1.19 bits per heavy atom. The standard InChI is InChI=1S/C26H29FN4O5/c1-36-13-3-9-28-25(34)22-24(33)23-20(31(26(22)35)12-11-30-10-2-4-21(30)32)15-18(16-29-23)14-17-5-7-19(27)8-6-17/h5-8,15-16,33H,2-4,9-14H2,1H3,(H,28,34). The first-order valence-electron chi connectivity index (χ1n) is 11.9. The Bertz CT molecular complexity index is 1320. The van der Waals surface area contributed by atoms with Gasteiger partial charge in [0, 0.05) is 52.5 Å². The lowest BCUT2D eigenvalue weighted by Gasteiger charge is -2.19. The van der Waals surface area contributed by atoms with Crippen molar-refractivity contribution in [1.82, 2.24) is 19.8 Å². The van der Waals surface area contributed by atoms with Crippen LogP contribution in [0.1, 0.15) is 40.7 Å². The van der Waals surface area contributed by atoms with Crippen molar-refractivity contribution in [2.75, 3.05) is 33.4 Å². The molecule has 190 valence electrons. The largest absolute Gasteiger partial charge is 0.505 e. The molecule has 3 heterocycles. The average Bonchev–Trinajstić information content (AvgIpc) is 3.27. The molecule has 4 rings (SSSR count). The van der Waals surface area contributed by atoms with E-state index in [1.165, 1.54) is 16.7 Å². The smallest absolute Gasteiger partial charge is 0.267 e. The number of carbonyl (C=O) groups excluding carboxylic acids is 2. The van der Waals surface area contributed by atoms with Crippen molar-refractivity contribution in [2.24, 2.45) is 0 Å². The minimum Gasteiger partial charge on any atom is -0.505 e. The Morgan fingerprint density at radius 2 is 1.97 bits per heavy atom. The molecular formula is C26H29FN4O5. The van der Waals surface area contributed by atoms with Crippen molar-refractivity contribution in [1.29, 1.82) is 0 Å². The van der Waals surface area contributed by atoms with Gasteiger partial charge in [0.15, 0.2) is 5.75 Å². The second-order valence-corrected chi connectivity index (χ2v) is 8.78. The van der Waals surface area contributed by atoms with Gasteiger partial charge in [0.25, 0.3) is 11.5 Å². The molecule has 1 aromatic carbocycles. The fourth-order valence-electron chi connectivity index (χ4n) is 4.38. The molecule has 36 heavy (non-hydrogen) atoms. The fourth-order valence-corrected chi connectivity index (χ4v) is 4.38. The molecule has 0 saturated carbocycles. The van der Waals surface area contributed by atoms with Gasteiger partial charge in [0.2, 0.25) is 5.91 Å². The number of likely N-dealkylation sites (tertiary alicyclic amines) is 1. The van der Waals surface area contributed by atoms with E-state index >= 15 is 0 Å². The molecule has 0 radical (unpaired) electrons. The van der Waals surface area contributed by atoms with Crippen LogP contribution < -0.4 is 10.9 Å². The van der Waals surface area contributed by atoms with Gasteiger partial charge >= 0.3 is 0 Å². The summed E-state index contributed by atoms with van der Waals surface area (Å²) in [6.07, 6.45) is 3.79. The molecule has 0 bridgehead atoms. The van der Waals surface area contributed by atoms with E-state index < -0.39 is 17.2 Å². The van der Waals surface area contributed by atoms with E-state index in [4.69, 9.17) is 4.74 Å². The first-order chi connectivity index (χ1) is 17.4. The highest BCUT2D eigenvalue weighted by atomic mass is 19.1. The molecule has 0 atom stereocenters. The molecular weight excluding hydrogens is 467 g/mol. The second-order valence-electron chi connectivity index (χ2n) is 8.78. The van der Waals surface area contributed by atoms with E-state index in [2.05, 4.69) is 10.3 Å². The van der Waals surface area contributed by atoms with Crippen LogP contribution in [0.15, 0.2) is 41.3 Å². The highest BCUT2D eigenvalue weighted by molar-refractivity contribution is 6.01. The van der Waals surface area contributed by atoms with Gasteiger partial charge in [-0.15, -0.1) is 0 Å². The van der Waals surface area contributed by atoms with Crippen LogP contribution >= 0.6 is 0 Å². The van der Waals surface area contributed by atoms with Crippen molar-refractivity contribution in [2.45, 2.75) is 32.2 Å². The molecule has 2 amide bonds. The lowest BCUT2D eigenvalue weighted by molar-refractivity contribution is -0.127. The summed E-state index contributed by atoms with van der Waals surface area (Å²) in [5.74, 6) is -1.49. The molecule has 0 aliphatic carbocycles. The zero-order chi connectivity index (χ0) is 25.7. The number of amides is 2. The summed E-state index contributed by atoms with van der Waals surface area (Å²) < 4.78 is 19.7. The van der Waals surface area contributed by atoms with E-state index in [0.29, 0.717) is 44.5 Å². The van der Waals surface area contributed by atoms with Crippen molar-refractivity contribution < 1.29 is 23.8 Å². The lowest BCUT2D eigenvalue weighted by atomic mass is 10.1. The molecule has 1 saturated heterocycles. The Balaban J connectivity index is 1.72. The van der Waals surface area contributed by atoms with Gasteiger partial charge < -0.3 is 24.6 Å². The average molecular weight is 497 g/mol. The van der Waals surface area contributed by atoms with Crippen LogP contribution in [0.4, 0.5) is 4.39 Å². The Labute approximate surface area is 207 Å². The normalized spacial score (nSPS) is 13.5. The maximum absolute atomic E-state index is 13.5. The molecule has 1 fully saturated rings. The maximum Gasteiger partial charge on any atom is 0.267 e. The number of ether oxygens (including phenoxy) is 1. The lowest BCUT2D eigenvalue weighted by Crippen LogP contribution is -2.37. The van der Waals surface area contributed by atoms with Crippen LogP contribution in [-0.2, 0) is 22.5 Å². The SMILES string of the molecule is COCCCNC(=O)c1c(O)c2ncc(Cc3ccc(F)cc3)cc2n(CCN2CCCC2=O)c1=O. The van der Waals surface area contributed by atoms with E-state index in [1.807, 2.05) is 0 Å². The summed E-state index contributed by atoms with van der Waals surface area (Å²) in [5.41, 5.74) is 1.04. The first-order valence-corrected chi connectivity index (χ1v) is 11.9. The van der Waals surface area contributed by atoms with E-state index in [1.54, 1.807) is 36.4 Å². The van der Waals surface area contributed by atoms with Crippen molar-refractivity contribution >= 4 is 22.8 Å². The number of hydrogen-bond acceptors (Lipinski definition) is 6. The van der Waals surface area contributed by atoms with Crippen LogP contribution in [-0.4, -0.2) is 64.7 Å². The monoisotopic (exact) mass is 496 g/mol. The number of fused-ring (bicyclic) bond motifs is 1. The summed E-state index contributed by atoms with van der Waals surface area (Å²) in [7, 11) is 1.55. The van der Waals surface area contributed by atoms with Gasteiger partial charge in [-0.3, -0.25) is 19.4 Å². The molecule has 9 nitrogen and oxygen atoms in total. The number of nitrogens with one attached hydrogen (secondary N) is 1. The van der Waals surface area contributed by atoms with Gasteiger partial charge in [0.05, 0.1) is 5.52 Å². The molecule has 1 aliphatic heterocycles. The zero-order valence-corrected chi connectivity index (χ0v) is 20.1. The number of benzene rings is 1. The number of nitrogens with zero attached hydrogens (tertiary/aromatic N) is 3. The molecule has 2 aromatic heterocycles. The first kappa shape index (κ1) is 25.3. The Morgan fingerprint density at radius 3 is 2.67 bits per heavy atom. The summed E-state index contributed by atoms with van der Waals surface area (Å²) >= 11 is 0. The number of pyridine rings is 2. The van der Waals surface area contributed by atoms with Gasteiger partial charge in [-0.25, -0.2) is 4.39 Å². The number of aromatic nitrogens is 2. The van der Waals surface area contributed by atoms with E-state index in [-0.39, 0.29) is 35.9 Å². The molecule has 0 unspecified atom stereocenters. The number of rotatable bonds is 10. The van der Waals surface area contributed by atoms with Crippen LogP contribution in [0.25, 0.3) is 11.0 Å². The summed E-state index contributed by atoms with van der Waals surface area (Å²) in [6.45, 7) is 1.78. The van der Waals surface area contributed by atoms with Crippen LogP contribution in [0.5, 0.6) is 5.75 Å². The third-order valence-corrected chi connectivity index (χ3v) is 6.26. The molecule has 2 N–H and O–H groups in total. The highest BCUT2D eigenvalue weighted by Gasteiger charge is 2.25. The summed E-state index contributed by atoms with van der Waals surface area (Å²) in [6, 6.07) is 7.81. The number of aromatic hydroxyl groups is 1. The zero-order valence-electron chi connectivity index (χ0n) is 20.1. The fraction of sp³-hybridized carbons (Fsp3) is 0.385. The van der Waals surface area contributed by atoms with Gasteiger partial charge in [0.1, 0.15) is 16.9 Å². The predicted octanol–water partition coefficient (Wildman–Crippen LogP) is 2.22.